The average Bonchev–Trinajstić information content (AvgIpc) is 2.06. The van der Waals surface area contributed by atoms with Gasteiger partial charge in [-0.05, 0) is 11.6 Å². The van der Waals surface area contributed by atoms with E-state index in [9.17, 15) is 8.42 Å². The van der Waals surface area contributed by atoms with E-state index < -0.39 is 9.05 Å². The molecule has 3 nitrogen and oxygen atoms in total. The SMILES string of the molecule is COc1cccc(CS(=O)(=O)Cl)c1Cl. The molecule has 0 aliphatic carbocycles. The van der Waals surface area contributed by atoms with Gasteiger partial charge in [0.15, 0.2) is 0 Å². The van der Waals surface area contributed by atoms with Gasteiger partial charge < -0.3 is 4.74 Å². The van der Waals surface area contributed by atoms with Crippen LogP contribution >= 0.6 is 22.3 Å². The van der Waals surface area contributed by atoms with Crippen LogP contribution in [0.25, 0.3) is 0 Å². The maximum Gasteiger partial charge on any atom is 0.236 e. The molecule has 0 N–H and O–H groups in total. The lowest BCUT2D eigenvalue weighted by molar-refractivity contribution is 0.414. The highest BCUT2D eigenvalue weighted by atomic mass is 35.7. The van der Waals surface area contributed by atoms with Crippen LogP contribution in [0, 0.1) is 0 Å². The zero-order valence-electron chi connectivity index (χ0n) is 7.33. The van der Waals surface area contributed by atoms with Crippen LogP contribution in [0.5, 0.6) is 5.75 Å². The van der Waals surface area contributed by atoms with Gasteiger partial charge in [0.05, 0.1) is 17.9 Å². The Morgan fingerprint density at radius 2 is 2.07 bits per heavy atom. The summed E-state index contributed by atoms with van der Waals surface area (Å²) in [6.07, 6.45) is 0. The second-order valence-electron chi connectivity index (χ2n) is 2.62. The molecule has 0 aliphatic heterocycles. The first-order valence-corrected chi connectivity index (χ1v) is 6.53. The number of rotatable bonds is 3. The van der Waals surface area contributed by atoms with Crippen molar-refractivity contribution in [2.75, 3.05) is 7.11 Å². The summed E-state index contributed by atoms with van der Waals surface area (Å²) < 4.78 is 26.6. The van der Waals surface area contributed by atoms with Crippen LogP contribution in [0.1, 0.15) is 5.56 Å². The normalized spacial score (nSPS) is 11.4. The van der Waals surface area contributed by atoms with Gasteiger partial charge in [-0.1, -0.05) is 23.7 Å². The summed E-state index contributed by atoms with van der Waals surface area (Å²) in [5.41, 5.74) is 0.431. The standard InChI is InChI=1S/C8H8Cl2O3S/c1-13-7-4-2-3-6(8(7)9)5-14(10,11)12/h2-4H,5H2,1H3. The van der Waals surface area contributed by atoms with Crippen LogP contribution in [0.4, 0.5) is 0 Å². The summed E-state index contributed by atoms with van der Waals surface area (Å²) in [5, 5.41) is 0.277. The van der Waals surface area contributed by atoms with Gasteiger partial charge in [0.1, 0.15) is 5.75 Å². The Bertz CT molecular complexity index is 428. The Labute approximate surface area is 92.0 Å². The number of hydrogen-bond acceptors (Lipinski definition) is 3. The lowest BCUT2D eigenvalue weighted by Gasteiger charge is -2.06. The molecular weight excluding hydrogens is 247 g/mol. The first-order chi connectivity index (χ1) is 6.44. The topological polar surface area (TPSA) is 43.4 Å². The lowest BCUT2D eigenvalue weighted by Crippen LogP contribution is -1.97. The molecule has 0 saturated carbocycles. The van der Waals surface area contributed by atoms with Crippen LogP contribution in [0.2, 0.25) is 5.02 Å². The maximum atomic E-state index is 10.8. The molecule has 1 rings (SSSR count). The van der Waals surface area contributed by atoms with Crippen LogP contribution in [-0.2, 0) is 14.8 Å². The predicted octanol–water partition coefficient (Wildman–Crippen LogP) is 2.42. The number of hydrogen-bond donors (Lipinski definition) is 0. The Morgan fingerprint density at radius 1 is 1.43 bits per heavy atom. The van der Waals surface area contributed by atoms with E-state index in [4.69, 9.17) is 27.0 Å². The average molecular weight is 255 g/mol. The third-order valence-electron chi connectivity index (χ3n) is 1.59. The number of methoxy groups -OCH3 is 1. The second-order valence-corrected chi connectivity index (χ2v) is 5.77. The van der Waals surface area contributed by atoms with Crippen molar-refractivity contribution < 1.29 is 13.2 Å². The van der Waals surface area contributed by atoms with Crippen molar-refractivity contribution in [3.63, 3.8) is 0 Å². The van der Waals surface area contributed by atoms with E-state index in [-0.39, 0.29) is 10.8 Å². The highest BCUT2D eigenvalue weighted by Crippen LogP contribution is 2.29. The molecule has 0 fully saturated rings. The van der Waals surface area contributed by atoms with Crippen molar-refractivity contribution in [2.45, 2.75) is 5.75 Å². The molecule has 0 heterocycles. The van der Waals surface area contributed by atoms with Crippen molar-refractivity contribution >= 4 is 31.3 Å². The van der Waals surface area contributed by atoms with Crippen LogP contribution in [0.3, 0.4) is 0 Å². The van der Waals surface area contributed by atoms with Crippen LogP contribution in [0.15, 0.2) is 18.2 Å². The quantitative estimate of drug-likeness (QED) is 0.779. The molecule has 14 heavy (non-hydrogen) atoms. The minimum Gasteiger partial charge on any atom is -0.495 e. The smallest absolute Gasteiger partial charge is 0.236 e. The molecule has 1 aromatic carbocycles. The Kier molecular flexibility index (Phi) is 3.64. The maximum absolute atomic E-state index is 10.8. The van der Waals surface area contributed by atoms with E-state index in [1.165, 1.54) is 7.11 Å². The van der Waals surface area contributed by atoms with Gasteiger partial charge in [0.2, 0.25) is 9.05 Å². The number of benzene rings is 1. The van der Waals surface area contributed by atoms with E-state index in [1.54, 1.807) is 18.2 Å². The van der Waals surface area contributed by atoms with Gasteiger partial charge in [-0.2, -0.15) is 0 Å². The largest absolute Gasteiger partial charge is 0.495 e. The van der Waals surface area contributed by atoms with Gasteiger partial charge in [-0.3, -0.25) is 0 Å². The van der Waals surface area contributed by atoms with E-state index in [2.05, 4.69) is 0 Å². The molecule has 0 aliphatic rings. The van der Waals surface area contributed by atoms with Crippen molar-refractivity contribution in [3.05, 3.63) is 28.8 Å². The summed E-state index contributed by atoms with van der Waals surface area (Å²) in [5.74, 6) is 0.134. The molecule has 6 heteroatoms. The van der Waals surface area contributed by atoms with Crippen molar-refractivity contribution in [2.24, 2.45) is 0 Å². The monoisotopic (exact) mass is 254 g/mol. The molecule has 0 radical (unpaired) electrons. The van der Waals surface area contributed by atoms with Gasteiger partial charge in [0.25, 0.3) is 0 Å². The zero-order chi connectivity index (χ0) is 10.8. The summed E-state index contributed by atoms with van der Waals surface area (Å²) in [6.45, 7) is 0. The zero-order valence-corrected chi connectivity index (χ0v) is 9.66. The van der Waals surface area contributed by atoms with E-state index in [1.807, 2.05) is 0 Å². The van der Waals surface area contributed by atoms with Crippen LogP contribution < -0.4 is 4.74 Å². The molecule has 0 bridgehead atoms. The predicted molar refractivity (Wildman–Crippen MR) is 56.5 cm³/mol. The van der Waals surface area contributed by atoms with E-state index >= 15 is 0 Å². The minimum atomic E-state index is -3.59. The number of ether oxygens (including phenoxy) is 1. The Morgan fingerprint density at radius 3 is 2.57 bits per heavy atom. The van der Waals surface area contributed by atoms with Crippen molar-refractivity contribution in [1.29, 1.82) is 0 Å². The highest BCUT2D eigenvalue weighted by Gasteiger charge is 2.12. The molecule has 0 atom stereocenters. The van der Waals surface area contributed by atoms with Crippen molar-refractivity contribution in [1.82, 2.24) is 0 Å². The molecule has 0 spiro atoms. The van der Waals surface area contributed by atoms with Gasteiger partial charge in [0, 0.05) is 10.7 Å². The molecule has 1 aromatic rings. The first-order valence-electron chi connectivity index (χ1n) is 3.68. The molecule has 0 unspecified atom stereocenters. The fourth-order valence-electron chi connectivity index (χ4n) is 1.01. The highest BCUT2D eigenvalue weighted by molar-refractivity contribution is 8.13. The number of halogens is 2. The first kappa shape index (κ1) is 11.6. The van der Waals surface area contributed by atoms with Gasteiger partial charge >= 0.3 is 0 Å². The molecular formula is C8H8Cl2O3S. The fourth-order valence-corrected chi connectivity index (χ4v) is 2.32. The summed E-state index contributed by atoms with van der Waals surface area (Å²) in [6, 6.07) is 4.89. The van der Waals surface area contributed by atoms with E-state index in [0.717, 1.165) is 0 Å². The minimum absolute atomic E-state index is 0.277. The molecule has 0 amide bonds. The third-order valence-corrected chi connectivity index (χ3v) is 3.00. The summed E-state index contributed by atoms with van der Waals surface area (Å²) in [4.78, 5) is 0. The third kappa shape index (κ3) is 3.04. The summed E-state index contributed by atoms with van der Waals surface area (Å²) in [7, 11) is 2.97. The molecule has 0 saturated heterocycles. The Balaban J connectivity index is 3.10. The van der Waals surface area contributed by atoms with Crippen molar-refractivity contribution in [3.8, 4) is 5.75 Å². The van der Waals surface area contributed by atoms with Crippen LogP contribution in [-0.4, -0.2) is 15.5 Å². The molecule has 0 aromatic heterocycles. The van der Waals surface area contributed by atoms with E-state index in [0.29, 0.717) is 11.3 Å². The summed E-state index contributed by atoms with van der Waals surface area (Å²) >= 11 is 5.87. The second kappa shape index (κ2) is 4.38. The Hall–Kier alpha value is -0.450. The van der Waals surface area contributed by atoms with Gasteiger partial charge in [-0.15, -0.1) is 0 Å². The van der Waals surface area contributed by atoms with Gasteiger partial charge in [-0.25, -0.2) is 8.42 Å². The lowest BCUT2D eigenvalue weighted by atomic mass is 10.2. The molecule has 78 valence electrons. The fraction of sp³-hybridized carbons (Fsp3) is 0.250.